The Kier molecular flexibility index (Phi) is 4.94. The minimum absolute atomic E-state index is 0.231. The van der Waals surface area contributed by atoms with Gasteiger partial charge in [-0.05, 0) is 56.7 Å². The van der Waals surface area contributed by atoms with E-state index in [2.05, 4.69) is 29.9 Å². The molecule has 0 spiro atoms. The fourth-order valence-corrected chi connectivity index (χ4v) is 3.12. The first-order chi connectivity index (χ1) is 9.16. The predicted octanol–water partition coefficient (Wildman–Crippen LogP) is 2.46. The zero-order chi connectivity index (χ0) is 13.7. The Labute approximate surface area is 117 Å². The summed E-state index contributed by atoms with van der Waals surface area (Å²) in [6, 6.07) is 4.16. The Balaban J connectivity index is 1.92. The molecule has 0 unspecified atom stereocenters. The largest absolute Gasteiger partial charge is 0.329 e. The van der Waals surface area contributed by atoms with Crippen LogP contribution in [0.1, 0.15) is 38.2 Å². The first-order valence-electron chi connectivity index (χ1n) is 7.46. The normalized spacial score (nSPS) is 27.7. The minimum atomic E-state index is 0.231. The van der Waals surface area contributed by atoms with E-state index >= 15 is 0 Å². The second-order valence-electron chi connectivity index (χ2n) is 6.14. The monoisotopic (exact) mass is 261 g/mol. The van der Waals surface area contributed by atoms with Crippen molar-refractivity contribution < 1.29 is 0 Å². The number of hydrogen-bond donors (Lipinski definition) is 1. The molecule has 1 aromatic rings. The molecule has 3 nitrogen and oxygen atoms in total. The molecule has 1 aromatic heterocycles. The molecule has 1 aliphatic rings. The van der Waals surface area contributed by atoms with Gasteiger partial charge in [0.1, 0.15) is 0 Å². The smallest absolute Gasteiger partial charge is 0.0329 e. The van der Waals surface area contributed by atoms with Crippen molar-refractivity contribution >= 4 is 0 Å². The lowest BCUT2D eigenvalue weighted by Crippen LogP contribution is -2.54. The SMILES string of the molecule is CC1CCC(CN)(N(C)CCc2cccnc2)CC1. The highest BCUT2D eigenvalue weighted by molar-refractivity contribution is 5.09. The Morgan fingerprint density at radius 1 is 1.42 bits per heavy atom. The summed E-state index contributed by atoms with van der Waals surface area (Å²) in [5.41, 5.74) is 7.64. The van der Waals surface area contributed by atoms with E-state index in [1.807, 2.05) is 18.5 Å². The lowest BCUT2D eigenvalue weighted by molar-refractivity contribution is 0.0689. The summed E-state index contributed by atoms with van der Waals surface area (Å²) in [4.78, 5) is 6.67. The molecule has 1 heterocycles. The molecule has 2 N–H and O–H groups in total. The van der Waals surface area contributed by atoms with Gasteiger partial charge in [0, 0.05) is 31.0 Å². The van der Waals surface area contributed by atoms with E-state index in [1.54, 1.807) is 0 Å². The van der Waals surface area contributed by atoms with E-state index in [4.69, 9.17) is 5.73 Å². The van der Waals surface area contributed by atoms with Crippen LogP contribution in [-0.4, -0.2) is 35.6 Å². The van der Waals surface area contributed by atoms with Crippen LogP contribution in [0.2, 0.25) is 0 Å². The summed E-state index contributed by atoms with van der Waals surface area (Å²) in [6.45, 7) is 4.20. The molecule has 1 aliphatic carbocycles. The van der Waals surface area contributed by atoms with Gasteiger partial charge in [0.25, 0.3) is 0 Å². The van der Waals surface area contributed by atoms with Gasteiger partial charge in [-0.15, -0.1) is 0 Å². The molecule has 106 valence electrons. The van der Waals surface area contributed by atoms with E-state index in [-0.39, 0.29) is 5.54 Å². The van der Waals surface area contributed by atoms with Crippen molar-refractivity contribution in [1.82, 2.24) is 9.88 Å². The fraction of sp³-hybridized carbons (Fsp3) is 0.688. The van der Waals surface area contributed by atoms with Crippen LogP contribution >= 0.6 is 0 Å². The van der Waals surface area contributed by atoms with Crippen LogP contribution in [0.25, 0.3) is 0 Å². The van der Waals surface area contributed by atoms with E-state index < -0.39 is 0 Å². The molecule has 0 aliphatic heterocycles. The molecule has 0 amide bonds. The van der Waals surface area contributed by atoms with Crippen molar-refractivity contribution in [3.63, 3.8) is 0 Å². The third-order valence-corrected chi connectivity index (χ3v) is 4.85. The van der Waals surface area contributed by atoms with Crippen molar-refractivity contribution in [1.29, 1.82) is 0 Å². The molecule has 19 heavy (non-hydrogen) atoms. The molecule has 0 saturated heterocycles. The summed E-state index contributed by atoms with van der Waals surface area (Å²) in [7, 11) is 2.24. The highest BCUT2D eigenvalue weighted by Crippen LogP contribution is 2.35. The summed E-state index contributed by atoms with van der Waals surface area (Å²) in [5, 5.41) is 0. The van der Waals surface area contributed by atoms with Crippen molar-refractivity contribution in [2.45, 2.75) is 44.6 Å². The number of pyridine rings is 1. The van der Waals surface area contributed by atoms with E-state index in [9.17, 15) is 0 Å². The highest BCUT2D eigenvalue weighted by Gasteiger charge is 2.36. The lowest BCUT2D eigenvalue weighted by atomic mass is 9.76. The zero-order valence-corrected chi connectivity index (χ0v) is 12.3. The Morgan fingerprint density at radius 3 is 2.74 bits per heavy atom. The van der Waals surface area contributed by atoms with E-state index in [1.165, 1.54) is 31.2 Å². The van der Waals surface area contributed by atoms with Crippen LogP contribution in [-0.2, 0) is 6.42 Å². The van der Waals surface area contributed by atoms with Crippen molar-refractivity contribution in [2.75, 3.05) is 20.1 Å². The second kappa shape index (κ2) is 6.49. The molecular weight excluding hydrogens is 234 g/mol. The maximum atomic E-state index is 6.10. The number of hydrogen-bond acceptors (Lipinski definition) is 3. The van der Waals surface area contributed by atoms with Crippen LogP contribution in [0.5, 0.6) is 0 Å². The maximum absolute atomic E-state index is 6.10. The zero-order valence-electron chi connectivity index (χ0n) is 12.3. The van der Waals surface area contributed by atoms with Gasteiger partial charge in [0.2, 0.25) is 0 Å². The van der Waals surface area contributed by atoms with Crippen LogP contribution in [0, 0.1) is 5.92 Å². The van der Waals surface area contributed by atoms with Crippen molar-refractivity contribution in [3.05, 3.63) is 30.1 Å². The van der Waals surface area contributed by atoms with Gasteiger partial charge in [-0.3, -0.25) is 9.88 Å². The maximum Gasteiger partial charge on any atom is 0.0329 e. The lowest BCUT2D eigenvalue weighted by Gasteiger charge is -2.45. The van der Waals surface area contributed by atoms with Crippen molar-refractivity contribution in [2.24, 2.45) is 11.7 Å². The summed E-state index contributed by atoms with van der Waals surface area (Å²) in [6.07, 6.45) is 9.97. The Bertz CT molecular complexity index is 369. The molecule has 0 atom stereocenters. The van der Waals surface area contributed by atoms with Crippen LogP contribution in [0.15, 0.2) is 24.5 Å². The van der Waals surface area contributed by atoms with Crippen LogP contribution < -0.4 is 5.73 Å². The summed E-state index contributed by atoms with van der Waals surface area (Å²) in [5.74, 6) is 0.867. The third kappa shape index (κ3) is 3.54. The fourth-order valence-electron chi connectivity index (χ4n) is 3.12. The average Bonchev–Trinajstić information content (AvgIpc) is 2.47. The van der Waals surface area contributed by atoms with Crippen LogP contribution in [0.4, 0.5) is 0 Å². The molecule has 3 heteroatoms. The third-order valence-electron chi connectivity index (χ3n) is 4.85. The number of likely N-dealkylation sites (N-methyl/N-ethyl adjacent to an activating group) is 1. The average molecular weight is 261 g/mol. The number of aromatic nitrogens is 1. The highest BCUT2D eigenvalue weighted by atomic mass is 15.2. The number of rotatable bonds is 5. The quantitative estimate of drug-likeness (QED) is 0.885. The Hall–Kier alpha value is -0.930. The van der Waals surface area contributed by atoms with Gasteiger partial charge < -0.3 is 5.73 Å². The van der Waals surface area contributed by atoms with E-state index in [0.717, 1.165) is 25.4 Å². The molecule has 0 aromatic carbocycles. The molecule has 1 saturated carbocycles. The van der Waals surface area contributed by atoms with Gasteiger partial charge >= 0.3 is 0 Å². The van der Waals surface area contributed by atoms with Crippen molar-refractivity contribution in [3.8, 4) is 0 Å². The summed E-state index contributed by atoms with van der Waals surface area (Å²) >= 11 is 0. The molecule has 2 rings (SSSR count). The number of nitrogens with zero attached hydrogens (tertiary/aromatic N) is 2. The standard InChI is InChI=1S/C16H27N3/c1-14-5-8-16(13-17,9-6-14)19(2)11-7-15-4-3-10-18-12-15/h3-4,10,12,14H,5-9,11,13,17H2,1-2H3. The summed E-state index contributed by atoms with van der Waals surface area (Å²) < 4.78 is 0. The Morgan fingerprint density at radius 2 is 2.16 bits per heavy atom. The minimum Gasteiger partial charge on any atom is -0.329 e. The van der Waals surface area contributed by atoms with Crippen LogP contribution in [0.3, 0.4) is 0 Å². The molecule has 0 bridgehead atoms. The van der Waals surface area contributed by atoms with Gasteiger partial charge in [-0.25, -0.2) is 0 Å². The number of nitrogens with two attached hydrogens (primary N) is 1. The molecule has 0 radical (unpaired) electrons. The van der Waals surface area contributed by atoms with Gasteiger partial charge in [-0.2, -0.15) is 0 Å². The molecular formula is C16H27N3. The first kappa shape index (κ1) is 14.5. The van der Waals surface area contributed by atoms with Gasteiger partial charge in [0.05, 0.1) is 0 Å². The van der Waals surface area contributed by atoms with Gasteiger partial charge in [0.15, 0.2) is 0 Å². The van der Waals surface area contributed by atoms with E-state index in [0.29, 0.717) is 0 Å². The predicted molar refractivity (Wildman–Crippen MR) is 80.0 cm³/mol. The first-order valence-corrected chi connectivity index (χ1v) is 7.46. The molecule has 1 fully saturated rings. The second-order valence-corrected chi connectivity index (χ2v) is 6.14. The topological polar surface area (TPSA) is 42.1 Å². The van der Waals surface area contributed by atoms with Gasteiger partial charge in [-0.1, -0.05) is 13.0 Å².